The Morgan fingerprint density at radius 2 is 1.86 bits per heavy atom. The fourth-order valence-corrected chi connectivity index (χ4v) is 5.52. The molecule has 0 unspecified atom stereocenters. The van der Waals surface area contributed by atoms with E-state index in [4.69, 9.17) is 9.73 Å². The number of amides is 1. The van der Waals surface area contributed by atoms with Gasteiger partial charge >= 0.3 is 5.97 Å². The molecular weight excluding hydrogens is 482 g/mol. The first-order chi connectivity index (χ1) is 18.0. The Labute approximate surface area is 220 Å². The number of aliphatic imine (C=N–C) groups is 1. The molecule has 5 rings (SSSR count). The van der Waals surface area contributed by atoms with Gasteiger partial charge in [0.2, 0.25) is 0 Å². The van der Waals surface area contributed by atoms with Crippen molar-refractivity contribution in [3.05, 3.63) is 106 Å². The fraction of sp³-hybridized carbons (Fsp3) is 0.167. The van der Waals surface area contributed by atoms with Crippen LogP contribution in [0.3, 0.4) is 0 Å². The molecule has 0 N–H and O–H groups in total. The number of hydrogen-bond donors (Lipinski definition) is 0. The number of carbonyl (C=O) groups is 2. The van der Waals surface area contributed by atoms with Crippen LogP contribution in [0.4, 0.5) is 5.69 Å². The second kappa shape index (κ2) is 10.5. The van der Waals surface area contributed by atoms with Gasteiger partial charge in [0.1, 0.15) is 0 Å². The molecule has 0 spiro atoms. The van der Waals surface area contributed by atoms with E-state index in [1.807, 2.05) is 25.1 Å². The third kappa shape index (κ3) is 5.08. The molecule has 1 aromatic heterocycles. The summed E-state index contributed by atoms with van der Waals surface area (Å²) < 4.78 is 7.04. The standard InChI is InChI=1S/C30H27N3O3S/c1-4-33-28(34)27(37-30(33)31-24-12-8-11-22(16-24)29(35)36-3)17-23-19-32(26-14-6-5-13-25(23)26)18-21-10-7-9-20(2)15-21/h5-17,19H,4,18H2,1-3H3. The minimum Gasteiger partial charge on any atom is -0.465 e. The number of rotatable bonds is 6. The van der Waals surface area contributed by atoms with Crippen molar-refractivity contribution >= 4 is 51.5 Å². The monoisotopic (exact) mass is 509 g/mol. The molecule has 0 aliphatic carbocycles. The Morgan fingerprint density at radius 1 is 1.05 bits per heavy atom. The van der Waals surface area contributed by atoms with E-state index in [2.05, 4.69) is 54.1 Å². The van der Waals surface area contributed by atoms with E-state index in [1.54, 1.807) is 29.2 Å². The van der Waals surface area contributed by atoms with Crippen LogP contribution >= 0.6 is 11.8 Å². The second-order valence-corrected chi connectivity index (χ2v) is 9.82. The Bertz CT molecular complexity index is 1570. The van der Waals surface area contributed by atoms with Gasteiger partial charge in [0.25, 0.3) is 5.91 Å². The normalized spacial score (nSPS) is 15.8. The molecule has 1 saturated heterocycles. The lowest BCUT2D eigenvalue weighted by Crippen LogP contribution is -2.28. The summed E-state index contributed by atoms with van der Waals surface area (Å²) in [6.45, 7) is 5.26. The number of amidine groups is 1. The van der Waals surface area contributed by atoms with Crippen LogP contribution in [0.2, 0.25) is 0 Å². The second-order valence-electron chi connectivity index (χ2n) is 8.81. The van der Waals surface area contributed by atoms with Crippen molar-refractivity contribution in [2.45, 2.75) is 20.4 Å². The molecule has 2 heterocycles. The number of methoxy groups -OCH3 is 1. The first kappa shape index (κ1) is 24.6. The molecule has 186 valence electrons. The van der Waals surface area contributed by atoms with E-state index < -0.39 is 5.97 Å². The van der Waals surface area contributed by atoms with Gasteiger partial charge in [-0.2, -0.15) is 0 Å². The third-order valence-electron chi connectivity index (χ3n) is 6.24. The minimum atomic E-state index is -0.424. The minimum absolute atomic E-state index is 0.0779. The maximum atomic E-state index is 13.3. The molecule has 6 nitrogen and oxygen atoms in total. The van der Waals surface area contributed by atoms with Crippen LogP contribution in [0.1, 0.15) is 34.0 Å². The molecule has 3 aromatic carbocycles. The van der Waals surface area contributed by atoms with Crippen molar-refractivity contribution in [2.24, 2.45) is 4.99 Å². The van der Waals surface area contributed by atoms with Gasteiger partial charge in [-0.15, -0.1) is 0 Å². The molecule has 1 aliphatic heterocycles. The van der Waals surface area contributed by atoms with Crippen molar-refractivity contribution in [3.63, 3.8) is 0 Å². The van der Waals surface area contributed by atoms with E-state index in [-0.39, 0.29) is 5.91 Å². The molecule has 1 aliphatic rings. The lowest BCUT2D eigenvalue weighted by Gasteiger charge is -2.12. The van der Waals surface area contributed by atoms with Crippen LogP contribution in [-0.2, 0) is 16.1 Å². The molecule has 0 radical (unpaired) electrons. The Kier molecular flexibility index (Phi) is 6.97. The predicted octanol–water partition coefficient (Wildman–Crippen LogP) is 6.41. The number of para-hydroxylation sites is 1. The highest BCUT2D eigenvalue weighted by Gasteiger charge is 2.32. The Morgan fingerprint density at radius 3 is 2.65 bits per heavy atom. The average molecular weight is 510 g/mol. The van der Waals surface area contributed by atoms with Gasteiger partial charge in [-0.25, -0.2) is 9.79 Å². The molecule has 0 atom stereocenters. The summed E-state index contributed by atoms with van der Waals surface area (Å²) in [5.74, 6) is -0.502. The van der Waals surface area contributed by atoms with Crippen LogP contribution in [-0.4, -0.2) is 40.2 Å². The summed E-state index contributed by atoms with van der Waals surface area (Å²) in [6, 6.07) is 23.7. The molecular formula is C30H27N3O3S. The molecule has 1 amide bonds. The summed E-state index contributed by atoms with van der Waals surface area (Å²) in [6.07, 6.45) is 4.07. The van der Waals surface area contributed by atoms with E-state index in [0.29, 0.717) is 27.9 Å². The van der Waals surface area contributed by atoms with Gasteiger partial charge in [-0.1, -0.05) is 54.1 Å². The zero-order valence-corrected chi connectivity index (χ0v) is 21.8. The number of ether oxygens (including phenoxy) is 1. The summed E-state index contributed by atoms with van der Waals surface area (Å²) in [5.41, 5.74) is 5.57. The average Bonchev–Trinajstić information content (AvgIpc) is 3.40. The number of nitrogens with zero attached hydrogens (tertiary/aromatic N) is 3. The first-order valence-corrected chi connectivity index (χ1v) is 12.9. The maximum absolute atomic E-state index is 13.3. The molecule has 0 saturated carbocycles. The first-order valence-electron chi connectivity index (χ1n) is 12.1. The zero-order valence-electron chi connectivity index (χ0n) is 21.0. The van der Waals surface area contributed by atoms with Gasteiger partial charge < -0.3 is 9.30 Å². The lowest BCUT2D eigenvalue weighted by atomic mass is 10.1. The number of esters is 1. The van der Waals surface area contributed by atoms with Gasteiger partial charge in [-0.3, -0.25) is 9.69 Å². The smallest absolute Gasteiger partial charge is 0.337 e. The van der Waals surface area contributed by atoms with E-state index in [9.17, 15) is 9.59 Å². The highest BCUT2D eigenvalue weighted by molar-refractivity contribution is 8.18. The van der Waals surface area contributed by atoms with E-state index in [0.717, 1.165) is 23.0 Å². The molecule has 4 aromatic rings. The molecule has 37 heavy (non-hydrogen) atoms. The zero-order chi connectivity index (χ0) is 25.9. The fourth-order valence-electron chi connectivity index (χ4n) is 4.47. The SMILES string of the molecule is CCN1C(=O)C(=Cc2cn(Cc3cccc(C)c3)c3ccccc23)SC1=Nc1cccc(C(=O)OC)c1. The number of aryl methyl sites for hydroxylation is 1. The molecule has 7 heteroatoms. The Balaban J connectivity index is 1.50. The largest absolute Gasteiger partial charge is 0.465 e. The van der Waals surface area contributed by atoms with Crippen molar-refractivity contribution in [1.29, 1.82) is 0 Å². The number of hydrogen-bond acceptors (Lipinski definition) is 5. The van der Waals surface area contributed by atoms with Gasteiger partial charge in [0.15, 0.2) is 5.17 Å². The number of aromatic nitrogens is 1. The molecule has 1 fully saturated rings. The number of benzene rings is 3. The van der Waals surface area contributed by atoms with Crippen molar-refractivity contribution in [3.8, 4) is 0 Å². The van der Waals surface area contributed by atoms with Crippen molar-refractivity contribution in [2.75, 3.05) is 13.7 Å². The number of fused-ring (bicyclic) bond motifs is 1. The van der Waals surface area contributed by atoms with Crippen molar-refractivity contribution in [1.82, 2.24) is 9.47 Å². The summed E-state index contributed by atoms with van der Waals surface area (Å²) >= 11 is 1.35. The summed E-state index contributed by atoms with van der Waals surface area (Å²) in [5, 5.41) is 1.68. The van der Waals surface area contributed by atoms with Crippen LogP contribution in [0.5, 0.6) is 0 Å². The number of thioether (sulfide) groups is 1. The maximum Gasteiger partial charge on any atom is 0.337 e. The van der Waals surface area contributed by atoms with Crippen LogP contribution in [0, 0.1) is 6.92 Å². The van der Waals surface area contributed by atoms with Crippen LogP contribution in [0.25, 0.3) is 17.0 Å². The number of carbonyl (C=O) groups excluding carboxylic acids is 2. The number of likely N-dealkylation sites (N-methyl/N-ethyl adjacent to an activating group) is 1. The van der Waals surface area contributed by atoms with Gasteiger partial charge in [0, 0.05) is 35.8 Å². The highest BCUT2D eigenvalue weighted by Crippen LogP contribution is 2.35. The van der Waals surface area contributed by atoms with Crippen LogP contribution in [0.15, 0.2) is 88.9 Å². The van der Waals surface area contributed by atoms with E-state index >= 15 is 0 Å². The van der Waals surface area contributed by atoms with Crippen LogP contribution < -0.4 is 0 Å². The quantitative estimate of drug-likeness (QED) is 0.223. The topological polar surface area (TPSA) is 63.9 Å². The van der Waals surface area contributed by atoms with Gasteiger partial charge in [0.05, 0.1) is 23.3 Å². The molecule has 0 bridgehead atoms. The lowest BCUT2D eigenvalue weighted by molar-refractivity contribution is -0.122. The predicted molar refractivity (Wildman–Crippen MR) is 150 cm³/mol. The summed E-state index contributed by atoms with van der Waals surface area (Å²) in [4.78, 5) is 32.2. The highest BCUT2D eigenvalue weighted by atomic mass is 32.2. The van der Waals surface area contributed by atoms with Crippen molar-refractivity contribution < 1.29 is 14.3 Å². The Hall–Kier alpha value is -4.10. The van der Waals surface area contributed by atoms with E-state index in [1.165, 1.54) is 30.0 Å². The third-order valence-corrected chi connectivity index (χ3v) is 7.24. The van der Waals surface area contributed by atoms with Gasteiger partial charge in [-0.05, 0) is 61.5 Å². The summed E-state index contributed by atoms with van der Waals surface area (Å²) in [7, 11) is 1.35.